The van der Waals surface area contributed by atoms with Gasteiger partial charge in [0.05, 0.1) is 19.8 Å². The first kappa shape index (κ1) is 19.4. The van der Waals surface area contributed by atoms with Crippen LogP contribution in [0.15, 0.2) is 12.1 Å². The van der Waals surface area contributed by atoms with E-state index in [4.69, 9.17) is 14.2 Å². The molecule has 1 aliphatic rings. The summed E-state index contributed by atoms with van der Waals surface area (Å²) in [5, 5.41) is 0. The first-order valence-electron chi connectivity index (χ1n) is 9.53. The minimum Gasteiger partial charge on any atom is -0.490 e. The van der Waals surface area contributed by atoms with E-state index >= 15 is 0 Å². The molecule has 25 heavy (non-hydrogen) atoms. The Bertz CT molecular complexity index is 540. The summed E-state index contributed by atoms with van der Waals surface area (Å²) < 4.78 is 17.2. The molecule has 1 saturated carbocycles. The summed E-state index contributed by atoms with van der Waals surface area (Å²) in [7, 11) is 0. The van der Waals surface area contributed by atoms with Gasteiger partial charge in [-0.15, -0.1) is 0 Å². The molecule has 1 aliphatic carbocycles. The lowest BCUT2D eigenvalue weighted by molar-refractivity contribution is 0.0692. The van der Waals surface area contributed by atoms with Gasteiger partial charge in [0, 0.05) is 18.2 Å². The van der Waals surface area contributed by atoms with E-state index in [1.807, 2.05) is 32.6 Å². The van der Waals surface area contributed by atoms with Crippen LogP contribution in [-0.2, 0) is 0 Å². The van der Waals surface area contributed by atoms with Gasteiger partial charge in [0.2, 0.25) is 5.75 Å². The molecule has 0 aliphatic heterocycles. The van der Waals surface area contributed by atoms with Crippen LogP contribution < -0.4 is 14.2 Å². The fourth-order valence-electron chi connectivity index (χ4n) is 3.46. The van der Waals surface area contributed by atoms with Gasteiger partial charge in [-0.1, -0.05) is 12.8 Å². The lowest BCUT2D eigenvalue weighted by Gasteiger charge is -2.28. The predicted octanol–water partition coefficient (Wildman–Crippen LogP) is 4.29. The Morgan fingerprint density at radius 3 is 1.92 bits per heavy atom. The van der Waals surface area contributed by atoms with Crippen molar-refractivity contribution in [3.05, 3.63) is 17.7 Å². The van der Waals surface area contributed by atoms with Crippen LogP contribution in [0.1, 0.15) is 63.7 Å². The number of carbonyl (C=O) groups is 1. The van der Waals surface area contributed by atoms with Gasteiger partial charge < -0.3 is 19.1 Å². The summed E-state index contributed by atoms with van der Waals surface area (Å²) >= 11 is 0. The molecule has 0 radical (unpaired) electrons. The third kappa shape index (κ3) is 4.59. The van der Waals surface area contributed by atoms with Crippen molar-refractivity contribution in [3.63, 3.8) is 0 Å². The second-order valence-corrected chi connectivity index (χ2v) is 6.13. The average molecular weight is 349 g/mol. The second-order valence-electron chi connectivity index (χ2n) is 6.13. The van der Waals surface area contributed by atoms with Gasteiger partial charge in [-0.3, -0.25) is 4.79 Å². The number of benzene rings is 1. The van der Waals surface area contributed by atoms with Crippen LogP contribution in [0.5, 0.6) is 17.2 Å². The van der Waals surface area contributed by atoms with Crippen LogP contribution >= 0.6 is 0 Å². The maximum atomic E-state index is 13.1. The fraction of sp³-hybridized carbons (Fsp3) is 0.650. The number of amides is 1. The predicted molar refractivity (Wildman–Crippen MR) is 98.9 cm³/mol. The Kier molecular flexibility index (Phi) is 7.41. The van der Waals surface area contributed by atoms with Crippen molar-refractivity contribution in [2.75, 3.05) is 26.4 Å². The van der Waals surface area contributed by atoms with E-state index in [1.165, 1.54) is 12.8 Å². The van der Waals surface area contributed by atoms with Gasteiger partial charge in [-0.05, 0) is 52.7 Å². The molecule has 1 aromatic rings. The summed E-state index contributed by atoms with van der Waals surface area (Å²) in [6.07, 6.45) is 4.58. The molecule has 1 aromatic carbocycles. The third-order valence-corrected chi connectivity index (χ3v) is 4.52. The summed E-state index contributed by atoms with van der Waals surface area (Å²) in [5.41, 5.74) is 0.601. The van der Waals surface area contributed by atoms with Gasteiger partial charge in [-0.25, -0.2) is 0 Å². The Morgan fingerprint density at radius 2 is 1.48 bits per heavy atom. The smallest absolute Gasteiger partial charge is 0.254 e. The molecule has 0 spiro atoms. The maximum absolute atomic E-state index is 13.1. The molecule has 140 valence electrons. The Hall–Kier alpha value is -1.91. The third-order valence-electron chi connectivity index (χ3n) is 4.52. The van der Waals surface area contributed by atoms with Crippen LogP contribution in [0.3, 0.4) is 0 Å². The second kappa shape index (κ2) is 9.54. The van der Waals surface area contributed by atoms with Crippen LogP contribution in [-0.4, -0.2) is 43.2 Å². The molecule has 0 saturated heterocycles. The molecule has 5 nitrogen and oxygen atoms in total. The van der Waals surface area contributed by atoms with Crippen molar-refractivity contribution >= 4 is 5.91 Å². The van der Waals surface area contributed by atoms with Crippen molar-refractivity contribution in [1.82, 2.24) is 4.90 Å². The molecule has 1 fully saturated rings. The summed E-state index contributed by atoms with van der Waals surface area (Å²) in [5.74, 6) is 1.76. The van der Waals surface area contributed by atoms with Gasteiger partial charge in [-0.2, -0.15) is 0 Å². The van der Waals surface area contributed by atoms with Gasteiger partial charge in [0.25, 0.3) is 5.91 Å². The van der Waals surface area contributed by atoms with E-state index in [1.54, 1.807) is 12.1 Å². The van der Waals surface area contributed by atoms with E-state index in [2.05, 4.69) is 0 Å². The number of nitrogens with zero attached hydrogens (tertiary/aromatic N) is 1. The first-order valence-corrected chi connectivity index (χ1v) is 9.53. The number of rotatable bonds is 9. The van der Waals surface area contributed by atoms with E-state index in [-0.39, 0.29) is 5.91 Å². The van der Waals surface area contributed by atoms with Crippen molar-refractivity contribution in [2.45, 2.75) is 59.4 Å². The Balaban J connectivity index is 2.39. The highest BCUT2D eigenvalue weighted by atomic mass is 16.5. The Morgan fingerprint density at radius 1 is 0.960 bits per heavy atom. The summed E-state index contributed by atoms with van der Waals surface area (Å²) in [6, 6.07) is 3.92. The molecule has 0 aromatic heterocycles. The van der Waals surface area contributed by atoms with Crippen molar-refractivity contribution in [2.24, 2.45) is 0 Å². The largest absolute Gasteiger partial charge is 0.490 e. The summed E-state index contributed by atoms with van der Waals surface area (Å²) in [6.45, 7) is 10.0. The maximum Gasteiger partial charge on any atom is 0.254 e. The molecular weight excluding hydrogens is 318 g/mol. The summed E-state index contributed by atoms with van der Waals surface area (Å²) in [4.78, 5) is 15.1. The van der Waals surface area contributed by atoms with Gasteiger partial charge >= 0.3 is 0 Å². The topological polar surface area (TPSA) is 48.0 Å². The standard InChI is InChI=1S/C20H31NO4/c1-5-21(16-11-9-10-12-16)20(22)15-13-17(23-6-2)19(25-8-4)18(14-15)24-7-3/h13-14,16H,5-12H2,1-4H3. The molecular formula is C20H31NO4. The molecule has 1 amide bonds. The molecule has 0 bridgehead atoms. The highest BCUT2D eigenvalue weighted by molar-refractivity contribution is 5.96. The van der Waals surface area contributed by atoms with Gasteiger partial charge in [0.15, 0.2) is 11.5 Å². The molecule has 5 heteroatoms. The molecule has 2 rings (SSSR count). The number of hydrogen-bond acceptors (Lipinski definition) is 4. The minimum absolute atomic E-state index is 0.0411. The van der Waals surface area contributed by atoms with Gasteiger partial charge in [0.1, 0.15) is 0 Å². The number of carbonyl (C=O) groups excluding carboxylic acids is 1. The van der Waals surface area contributed by atoms with Crippen LogP contribution in [0, 0.1) is 0 Å². The van der Waals surface area contributed by atoms with Crippen LogP contribution in [0.25, 0.3) is 0 Å². The zero-order chi connectivity index (χ0) is 18.2. The minimum atomic E-state index is 0.0411. The quantitative estimate of drug-likeness (QED) is 0.667. The Labute approximate surface area is 151 Å². The number of ether oxygens (including phenoxy) is 3. The van der Waals surface area contributed by atoms with Crippen LogP contribution in [0.4, 0.5) is 0 Å². The zero-order valence-corrected chi connectivity index (χ0v) is 16.0. The normalized spacial score (nSPS) is 14.4. The van der Waals surface area contributed by atoms with Crippen LogP contribution in [0.2, 0.25) is 0 Å². The lowest BCUT2D eigenvalue weighted by atomic mass is 10.1. The lowest BCUT2D eigenvalue weighted by Crippen LogP contribution is -2.38. The molecule has 0 unspecified atom stereocenters. The van der Waals surface area contributed by atoms with Crippen molar-refractivity contribution in [1.29, 1.82) is 0 Å². The van der Waals surface area contributed by atoms with E-state index in [9.17, 15) is 4.79 Å². The van der Waals surface area contributed by atoms with Crippen molar-refractivity contribution < 1.29 is 19.0 Å². The monoisotopic (exact) mass is 349 g/mol. The van der Waals surface area contributed by atoms with E-state index in [0.29, 0.717) is 55.2 Å². The number of hydrogen-bond donors (Lipinski definition) is 0. The highest BCUT2D eigenvalue weighted by Crippen LogP contribution is 2.39. The zero-order valence-electron chi connectivity index (χ0n) is 16.0. The highest BCUT2D eigenvalue weighted by Gasteiger charge is 2.28. The van der Waals surface area contributed by atoms with E-state index in [0.717, 1.165) is 12.8 Å². The average Bonchev–Trinajstić information content (AvgIpc) is 3.12. The molecule has 0 N–H and O–H groups in total. The fourth-order valence-corrected chi connectivity index (χ4v) is 3.46. The molecule has 0 heterocycles. The van der Waals surface area contributed by atoms with Crippen molar-refractivity contribution in [3.8, 4) is 17.2 Å². The van der Waals surface area contributed by atoms with E-state index < -0.39 is 0 Å². The SMILES string of the molecule is CCOc1cc(C(=O)N(CC)C2CCCC2)cc(OCC)c1OCC. The molecule has 0 atom stereocenters. The first-order chi connectivity index (χ1) is 12.2.